The zero-order chi connectivity index (χ0) is 12.3. The van der Waals surface area contributed by atoms with Crippen molar-refractivity contribution >= 4 is 0 Å². The van der Waals surface area contributed by atoms with E-state index in [1.807, 2.05) is 12.1 Å². The van der Waals surface area contributed by atoms with Gasteiger partial charge in [-0.15, -0.1) is 0 Å². The van der Waals surface area contributed by atoms with Gasteiger partial charge in [-0.1, -0.05) is 29.8 Å². The van der Waals surface area contributed by atoms with Crippen molar-refractivity contribution in [3.05, 3.63) is 59.5 Å². The summed E-state index contributed by atoms with van der Waals surface area (Å²) >= 11 is 0. The lowest BCUT2D eigenvalue weighted by molar-refractivity contribution is 0.403. The van der Waals surface area contributed by atoms with E-state index < -0.39 is 0 Å². The maximum absolute atomic E-state index is 5.39. The van der Waals surface area contributed by atoms with Crippen molar-refractivity contribution in [2.24, 2.45) is 0 Å². The van der Waals surface area contributed by atoms with Gasteiger partial charge in [0.15, 0.2) is 0 Å². The zero-order valence-electron chi connectivity index (χ0n) is 10.6. The minimum atomic E-state index is 0.223. The summed E-state index contributed by atoms with van der Waals surface area (Å²) in [4.78, 5) is 0. The Balaban J connectivity index is 2.04. The van der Waals surface area contributed by atoms with Crippen molar-refractivity contribution in [2.75, 3.05) is 0 Å². The second-order valence-corrected chi connectivity index (χ2v) is 4.54. The van der Waals surface area contributed by atoms with Gasteiger partial charge in [0.25, 0.3) is 0 Å². The van der Waals surface area contributed by atoms with Crippen LogP contribution >= 0.6 is 0 Å². The van der Waals surface area contributed by atoms with Crippen molar-refractivity contribution in [1.82, 2.24) is 5.32 Å². The second-order valence-electron chi connectivity index (χ2n) is 4.54. The molecule has 1 heterocycles. The molecule has 0 bridgehead atoms. The zero-order valence-corrected chi connectivity index (χ0v) is 10.6. The summed E-state index contributed by atoms with van der Waals surface area (Å²) in [5.74, 6) is 0.976. The molecule has 0 radical (unpaired) electrons. The fourth-order valence-corrected chi connectivity index (χ4v) is 2.03. The molecule has 2 nitrogen and oxygen atoms in total. The van der Waals surface area contributed by atoms with Gasteiger partial charge in [0.05, 0.1) is 12.3 Å². The van der Waals surface area contributed by atoms with Crippen LogP contribution in [0.5, 0.6) is 0 Å². The highest BCUT2D eigenvalue weighted by atomic mass is 16.3. The lowest BCUT2D eigenvalue weighted by Gasteiger charge is -2.19. The SMILES string of the molecule is Cc1cccc([C@H](C)NC(C)c2ccco2)c1. The highest BCUT2D eigenvalue weighted by Crippen LogP contribution is 2.20. The minimum absolute atomic E-state index is 0.223. The molecule has 1 N–H and O–H groups in total. The van der Waals surface area contributed by atoms with Crippen LogP contribution in [-0.4, -0.2) is 0 Å². The third-order valence-electron chi connectivity index (χ3n) is 3.01. The van der Waals surface area contributed by atoms with Crippen molar-refractivity contribution in [1.29, 1.82) is 0 Å². The van der Waals surface area contributed by atoms with Crippen LogP contribution in [-0.2, 0) is 0 Å². The molecule has 90 valence electrons. The number of hydrogen-bond acceptors (Lipinski definition) is 2. The summed E-state index contributed by atoms with van der Waals surface area (Å²) in [5.41, 5.74) is 2.60. The number of aryl methyl sites for hydroxylation is 1. The van der Waals surface area contributed by atoms with Crippen LogP contribution in [0.4, 0.5) is 0 Å². The molecule has 0 saturated carbocycles. The maximum Gasteiger partial charge on any atom is 0.120 e. The topological polar surface area (TPSA) is 25.2 Å². The number of rotatable bonds is 4. The Morgan fingerprint density at radius 1 is 1.06 bits per heavy atom. The van der Waals surface area contributed by atoms with E-state index in [1.54, 1.807) is 6.26 Å². The number of furan rings is 1. The number of benzene rings is 1. The first-order chi connectivity index (χ1) is 8.16. The Morgan fingerprint density at radius 2 is 1.88 bits per heavy atom. The van der Waals surface area contributed by atoms with E-state index >= 15 is 0 Å². The molecule has 0 saturated heterocycles. The molecule has 0 fully saturated rings. The van der Waals surface area contributed by atoms with Gasteiger partial charge in [-0.3, -0.25) is 0 Å². The molecule has 0 aliphatic heterocycles. The Hall–Kier alpha value is -1.54. The monoisotopic (exact) mass is 229 g/mol. The number of nitrogens with one attached hydrogen (secondary N) is 1. The van der Waals surface area contributed by atoms with Gasteiger partial charge in [-0.2, -0.15) is 0 Å². The summed E-state index contributed by atoms with van der Waals surface area (Å²) in [6.07, 6.45) is 1.71. The Kier molecular flexibility index (Phi) is 3.64. The molecule has 1 unspecified atom stereocenters. The predicted molar refractivity (Wildman–Crippen MR) is 69.9 cm³/mol. The fraction of sp³-hybridized carbons (Fsp3) is 0.333. The van der Waals surface area contributed by atoms with Crippen molar-refractivity contribution in [3.8, 4) is 0 Å². The molecule has 2 atom stereocenters. The van der Waals surface area contributed by atoms with E-state index in [2.05, 4.69) is 50.4 Å². The summed E-state index contributed by atoms with van der Waals surface area (Å²) in [6, 6.07) is 13.0. The molecule has 2 rings (SSSR count). The first-order valence-corrected chi connectivity index (χ1v) is 6.03. The van der Waals surface area contributed by atoms with E-state index in [1.165, 1.54) is 11.1 Å². The molecule has 0 spiro atoms. The van der Waals surface area contributed by atoms with Crippen LogP contribution in [0.25, 0.3) is 0 Å². The highest BCUT2D eigenvalue weighted by molar-refractivity contribution is 5.24. The molecule has 0 amide bonds. The Labute approximate surface area is 103 Å². The minimum Gasteiger partial charge on any atom is -0.468 e. The molecule has 0 aliphatic carbocycles. The van der Waals surface area contributed by atoms with Crippen molar-refractivity contribution in [3.63, 3.8) is 0 Å². The molecular formula is C15H19NO. The average molecular weight is 229 g/mol. The standard InChI is InChI=1S/C15H19NO/c1-11-6-4-7-14(10-11)12(2)16-13(3)15-8-5-9-17-15/h4-10,12-13,16H,1-3H3/t12-,13?/m0/s1. The third kappa shape index (κ3) is 2.98. The van der Waals surface area contributed by atoms with Gasteiger partial charge in [-0.05, 0) is 38.5 Å². The van der Waals surface area contributed by atoms with E-state index in [0.717, 1.165) is 5.76 Å². The first kappa shape index (κ1) is 11.9. The molecule has 17 heavy (non-hydrogen) atoms. The molecule has 2 heteroatoms. The van der Waals surface area contributed by atoms with Crippen LogP contribution in [0.1, 0.15) is 42.8 Å². The van der Waals surface area contributed by atoms with Gasteiger partial charge in [-0.25, -0.2) is 0 Å². The van der Waals surface area contributed by atoms with Gasteiger partial charge < -0.3 is 9.73 Å². The molecule has 1 aromatic heterocycles. The Morgan fingerprint density at radius 3 is 2.53 bits per heavy atom. The highest BCUT2D eigenvalue weighted by Gasteiger charge is 2.12. The molecular weight excluding hydrogens is 210 g/mol. The van der Waals surface area contributed by atoms with E-state index in [-0.39, 0.29) is 6.04 Å². The largest absolute Gasteiger partial charge is 0.468 e. The Bertz CT molecular complexity index is 462. The second kappa shape index (κ2) is 5.19. The lowest BCUT2D eigenvalue weighted by Crippen LogP contribution is -2.22. The predicted octanol–water partition coefficient (Wildman–Crippen LogP) is 4.00. The lowest BCUT2D eigenvalue weighted by atomic mass is 10.0. The van der Waals surface area contributed by atoms with Crippen molar-refractivity contribution < 1.29 is 4.42 Å². The van der Waals surface area contributed by atoms with Crippen LogP contribution in [0.15, 0.2) is 47.1 Å². The summed E-state index contributed by atoms with van der Waals surface area (Å²) < 4.78 is 5.39. The van der Waals surface area contributed by atoms with Crippen LogP contribution in [0, 0.1) is 6.92 Å². The van der Waals surface area contributed by atoms with E-state index in [4.69, 9.17) is 4.42 Å². The average Bonchev–Trinajstić information content (AvgIpc) is 2.82. The van der Waals surface area contributed by atoms with E-state index in [0.29, 0.717) is 6.04 Å². The van der Waals surface area contributed by atoms with Gasteiger partial charge in [0.2, 0.25) is 0 Å². The number of hydrogen-bond donors (Lipinski definition) is 1. The molecule has 1 aromatic carbocycles. The van der Waals surface area contributed by atoms with Gasteiger partial charge in [0, 0.05) is 6.04 Å². The molecule has 0 aliphatic rings. The van der Waals surface area contributed by atoms with Gasteiger partial charge in [0.1, 0.15) is 5.76 Å². The van der Waals surface area contributed by atoms with Crippen molar-refractivity contribution in [2.45, 2.75) is 32.9 Å². The van der Waals surface area contributed by atoms with Crippen LogP contribution in [0.2, 0.25) is 0 Å². The van der Waals surface area contributed by atoms with Gasteiger partial charge >= 0.3 is 0 Å². The van der Waals surface area contributed by atoms with E-state index in [9.17, 15) is 0 Å². The first-order valence-electron chi connectivity index (χ1n) is 6.03. The van der Waals surface area contributed by atoms with Crippen LogP contribution < -0.4 is 5.32 Å². The summed E-state index contributed by atoms with van der Waals surface area (Å²) in [7, 11) is 0. The molecule has 2 aromatic rings. The summed E-state index contributed by atoms with van der Waals surface area (Å²) in [5, 5.41) is 3.53. The normalized spacial score (nSPS) is 14.5. The third-order valence-corrected chi connectivity index (χ3v) is 3.01. The van der Waals surface area contributed by atoms with Crippen LogP contribution in [0.3, 0.4) is 0 Å². The summed E-state index contributed by atoms with van der Waals surface area (Å²) in [6.45, 7) is 6.41. The smallest absolute Gasteiger partial charge is 0.120 e. The maximum atomic E-state index is 5.39. The fourth-order valence-electron chi connectivity index (χ4n) is 2.03. The quantitative estimate of drug-likeness (QED) is 0.857.